The lowest BCUT2D eigenvalue weighted by molar-refractivity contribution is -0.116. The molecule has 124 valence electrons. The van der Waals surface area contributed by atoms with Crippen LogP contribution in [0.15, 0.2) is 18.2 Å². The second-order valence-electron chi connectivity index (χ2n) is 6.64. The third-order valence-electron chi connectivity index (χ3n) is 4.63. The van der Waals surface area contributed by atoms with Gasteiger partial charge in [-0.3, -0.25) is 9.59 Å². The zero-order valence-corrected chi connectivity index (χ0v) is 13.8. The summed E-state index contributed by atoms with van der Waals surface area (Å²) in [6.07, 6.45) is 2.63. The van der Waals surface area contributed by atoms with Gasteiger partial charge in [-0.1, -0.05) is 6.92 Å². The van der Waals surface area contributed by atoms with E-state index >= 15 is 0 Å². The molecule has 0 spiro atoms. The average Bonchev–Trinajstić information content (AvgIpc) is 2.54. The lowest BCUT2D eigenvalue weighted by Gasteiger charge is -2.32. The Morgan fingerprint density at radius 2 is 2.00 bits per heavy atom. The third-order valence-corrected chi connectivity index (χ3v) is 4.63. The Balaban J connectivity index is 1.78. The number of amides is 2. The van der Waals surface area contributed by atoms with Gasteiger partial charge >= 0.3 is 0 Å². The summed E-state index contributed by atoms with van der Waals surface area (Å²) in [5, 5.41) is 3.09. The first kappa shape index (κ1) is 16.0. The molecule has 1 unspecified atom stereocenters. The van der Waals surface area contributed by atoms with Gasteiger partial charge in [0.05, 0.1) is 0 Å². The van der Waals surface area contributed by atoms with Crippen molar-refractivity contribution in [3.05, 3.63) is 29.3 Å². The molecule has 2 heterocycles. The van der Waals surface area contributed by atoms with Crippen LogP contribution in [0.3, 0.4) is 0 Å². The quantitative estimate of drug-likeness (QED) is 0.909. The molecule has 5 heteroatoms. The van der Waals surface area contributed by atoms with Crippen LogP contribution in [-0.4, -0.2) is 37.6 Å². The van der Waals surface area contributed by atoms with Crippen molar-refractivity contribution in [2.75, 3.05) is 24.7 Å². The molecule has 2 aliphatic rings. The minimum atomic E-state index is -0.0349. The van der Waals surface area contributed by atoms with Gasteiger partial charge in [-0.2, -0.15) is 0 Å². The maximum absolute atomic E-state index is 12.5. The molecule has 1 aromatic carbocycles. The Morgan fingerprint density at radius 3 is 2.70 bits per heavy atom. The van der Waals surface area contributed by atoms with Crippen LogP contribution in [0.4, 0.5) is 5.69 Å². The third kappa shape index (κ3) is 3.55. The van der Waals surface area contributed by atoms with Gasteiger partial charge in [0.2, 0.25) is 5.91 Å². The van der Waals surface area contributed by atoms with Crippen molar-refractivity contribution >= 4 is 17.5 Å². The molecular weight excluding hydrogens is 292 g/mol. The lowest BCUT2D eigenvalue weighted by atomic mass is 9.92. The smallest absolute Gasteiger partial charge is 0.251 e. The van der Waals surface area contributed by atoms with E-state index in [9.17, 15) is 9.59 Å². The fourth-order valence-corrected chi connectivity index (χ4v) is 3.41. The summed E-state index contributed by atoms with van der Waals surface area (Å²) in [6.45, 7) is 5.89. The number of ether oxygens (including phenoxy) is 1. The van der Waals surface area contributed by atoms with E-state index in [1.165, 1.54) is 0 Å². The van der Waals surface area contributed by atoms with Gasteiger partial charge in [0.15, 0.2) is 0 Å². The van der Waals surface area contributed by atoms with E-state index in [0.717, 1.165) is 37.1 Å². The van der Waals surface area contributed by atoms with Crippen LogP contribution in [0, 0.1) is 5.92 Å². The number of carbonyl (C=O) groups excluding carboxylic acids is 2. The molecule has 3 rings (SSSR count). The molecule has 1 N–H and O–H groups in total. The lowest BCUT2D eigenvalue weighted by Crippen LogP contribution is -2.39. The number of hydrogen-bond donors (Lipinski definition) is 1. The van der Waals surface area contributed by atoms with Gasteiger partial charge in [-0.05, 0) is 48.9 Å². The minimum absolute atomic E-state index is 0.0349. The molecule has 0 bridgehead atoms. The number of nitrogens with zero attached hydrogens (tertiary/aromatic N) is 1. The van der Waals surface area contributed by atoms with Crippen LogP contribution in [0.5, 0.6) is 0 Å². The minimum Gasteiger partial charge on any atom is -0.381 e. The molecule has 1 atom stereocenters. The molecule has 0 aliphatic carbocycles. The number of hydrogen-bond acceptors (Lipinski definition) is 3. The topological polar surface area (TPSA) is 58.6 Å². The van der Waals surface area contributed by atoms with Gasteiger partial charge in [-0.15, -0.1) is 0 Å². The van der Waals surface area contributed by atoms with E-state index in [-0.39, 0.29) is 17.9 Å². The van der Waals surface area contributed by atoms with Crippen LogP contribution in [0.1, 0.15) is 42.6 Å². The van der Waals surface area contributed by atoms with Gasteiger partial charge < -0.3 is 15.0 Å². The second kappa shape index (κ2) is 6.71. The zero-order chi connectivity index (χ0) is 16.4. The number of fused-ring (bicyclic) bond motifs is 1. The van der Waals surface area contributed by atoms with E-state index in [4.69, 9.17) is 4.74 Å². The van der Waals surface area contributed by atoms with E-state index in [0.29, 0.717) is 24.7 Å². The Morgan fingerprint density at radius 1 is 1.26 bits per heavy atom. The molecule has 2 amide bonds. The Labute approximate surface area is 137 Å². The molecule has 23 heavy (non-hydrogen) atoms. The highest BCUT2D eigenvalue weighted by Gasteiger charge is 2.25. The highest BCUT2D eigenvalue weighted by Crippen LogP contribution is 2.30. The number of nitrogens with one attached hydrogen (secondary N) is 1. The Bertz CT molecular complexity index is 608. The zero-order valence-electron chi connectivity index (χ0n) is 13.8. The van der Waals surface area contributed by atoms with E-state index < -0.39 is 0 Å². The monoisotopic (exact) mass is 316 g/mol. The van der Waals surface area contributed by atoms with Crippen molar-refractivity contribution in [2.45, 2.75) is 39.2 Å². The number of rotatable bonds is 2. The second-order valence-corrected chi connectivity index (χ2v) is 6.64. The fraction of sp³-hybridized carbons (Fsp3) is 0.556. The Hall–Kier alpha value is -1.88. The molecule has 0 aromatic heterocycles. The molecule has 5 nitrogen and oxygen atoms in total. The van der Waals surface area contributed by atoms with Gasteiger partial charge in [0.25, 0.3) is 5.91 Å². The molecule has 1 aromatic rings. The van der Waals surface area contributed by atoms with Crippen molar-refractivity contribution < 1.29 is 14.3 Å². The largest absolute Gasteiger partial charge is 0.381 e. The summed E-state index contributed by atoms with van der Waals surface area (Å²) in [5.41, 5.74) is 2.70. The first-order valence-electron chi connectivity index (χ1n) is 8.34. The molecular formula is C18H24N2O3. The van der Waals surface area contributed by atoms with Crippen molar-refractivity contribution in [3.8, 4) is 0 Å². The predicted molar refractivity (Wildman–Crippen MR) is 88.6 cm³/mol. The maximum atomic E-state index is 12.5. The van der Waals surface area contributed by atoms with Crippen molar-refractivity contribution in [3.63, 3.8) is 0 Å². The van der Waals surface area contributed by atoms with E-state index in [1.807, 2.05) is 23.1 Å². The predicted octanol–water partition coefficient (Wildman–Crippen LogP) is 2.14. The normalized spacial score (nSPS) is 21.7. The summed E-state index contributed by atoms with van der Waals surface area (Å²) in [6, 6.07) is 5.86. The summed E-state index contributed by atoms with van der Waals surface area (Å²) in [4.78, 5) is 26.1. The van der Waals surface area contributed by atoms with Crippen LogP contribution < -0.4 is 10.2 Å². The fourth-order valence-electron chi connectivity index (χ4n) is 3.41. The SMILES string of the molecule is CC(=O)N1CC(C)Cc2cc(C(=O)NC3CCOCC3)ccc21. The standard InChI is InChI=1S/C18H24N2O3/c1-12-9-15-10-14(3-4-17(15)20(11-12)13(2)21)18(22)19-16-5-7-23-8-6-16/h3-4,10,12,16H,5-9,11H2,1-2H3,(H,19,22). The summed E-state index contributed by atoms with van der Waals surface area (Å²) >= 11 is 0. The first-order valence-corrected chi connectivity index (χ1v) is 8.34. The molecule has 0 saturated carbocycles. The van der Waals surface area contributed by atoms with Crippen LogP contribution >= 0.6 is 0 Å². The Kier molecular flexibility index (Phi) is 4.66. The summed E-state index contributed by atoms with van der Waals surface area (Å²) < 4.78 is 5.32. The van der Waals surface area contributed by atoms with Crippen molar-refractivity contribution in [1.82, 2.24) is 5.32 Å². The van der Waals surface area contributed by atoms with E-state index in [1.54, 1.807) is 6.92 Å². The van der Waals surface area contributed by atoms with Crippen LogP contribution in [-0.2, 0) is 16.0 Å². The van der Waals surface area contributed by atoms with E-state index in [2.05, 4.69) is 12.2 Å². The van der Waals surface area contributed by atoms with Crippen molar-refractivity contribution in [2.24, 2.45) is 5.92 Å². The average molecular weight is 316 g/mol. The summed E-state index contributed by atoms with van der Waals surface area (Å²) in [5.74, 6) is 0.421. The molecule has 2 aliphatic heterocycles. The first-order chi connectivity index (χ1) is 11.0. The number of carbonyl (C=O) groups is 2. The molecule has 0 radical (unpaired) electrons. The maximum Gasteiger partial charge on any atom is 0.251 e. The van der Waals surface area contributed by atoms with Gasteiger partial charge in [0, 0.05) is 44.0 Å². The molecule has 1 fully saturated rings. The van der Waals surface area contributed by atoms with Crippen molar-refractivity contribution in [1.29, 1.82) is 0 Å². The van der Waals surface area contributed by atoms with Gasteiger partial charge in [0.1, 0.15) is 0 Å². The highest BCUT2D eigenvalue weighted by atomic mass is 16.5. The number of benzene rings is 1. The summed E-state index contributed by atoms with van der Waals surface area (Å²) in [7, 11) is 0. The number of anilines is 1. The highest BCUT2D eigenvalue weighted by molar-refractivity contribution is 5.97. The van der Waals surface area contributed by atoms with Crippen LogP contribution in [0.2, 0.25) is 0 Å². The molecule has 1 saturated heterocycles. The van der Waals surface area contributed by atoms with Gasteiger partial charge in [-0.25, -0.2) is 0 Å². The van der Waals surface area contributed by atoms with Crippen LogP contribution in [0.25, 0.3) is 0 Å².